The molecule has 3 rings (SSSR count). The highest BCUT2D eigenvalue weighted by atomic mass is 16.5. The van der Waals surface area contributed by atoms with Gasteiger partial charge in [0.25, 0.3) is 5.91 Å². The van der Waals surface area contributed by atoms with Gasteiger partial charge in [0, 0.05) is 29.9 Å². The summed E-state index contributed by atoms with van der Waals surface area (Å²) in [5.41, 5.74) is 4.09. The first-order valence-electron chi connectivity index (χ1n) is 9.31. The third kappa shape index (κ3) is 3.97. The number of anilines is 2. The summed E-state index contributed by atoms with van der Waals surface area (Å²) in [4.78, 5) is 26.4. The molecule has 1 aliphatic rings. The first-order chi connectivity index (χ1) is 12.9. The van der Waals surface area contributed by atoms with E-state index in [9.17, 15) is 9.59 Å². The van der Waals surface area contributed by atoms with E-state index >= 15 is 0 Å². The molecular weight excluding hydrogens is 340 g/mol. The highest BCUT2D eigenvalue weighted by Gasteiger charge is 2.21. The average Bonchev–Trinajstić information content (AvgIpc) is 3.07. The Morgan fingerprint density at radius 1 is 1.19 bits per heavy atom. The molecule has 1 saturated heterocycles. The average molecular weight is 366 g/mol. The Hall–Kier alpha value is -2.82. The van der Waals surface area contributed by atoms with E-state index < -0.39 is 0 Å². The van der Waals surface area contributed by atoms with Crippen molar-refractivity contribution in [3.63, 3.8) is 0 Å². The molecule has 0 aromatic heterocycles. The monoisotopic (exact) mass is 366 g/mol. The molecule has 1 fully saturated rings. The molecule has 0 radical (unpaired) electrons. The molecule has 0 bridgehead atoms. The summed E-state index contributed by atoms with van der Waals surface area (Å²) in [5.74, 6) is 1.06. The van der Waals surface area contributed by atoms with Crippen molar-refractivity contribution in [2.45, 2.75) is 39.5 Å². The van der Waals surface area contributed by atoms with E-state index in [-0.39, 0.29) is 17.7 Å². The van der Waals surface area contributed by atoms with Gasteiger partial charge in [0.1, 0.15) is 5.75 Å². The molecule has 0 unspecified atom stereocenters. The van der Waals surface area contributed by atoms with Gasteiger partial charge in [0.05, 0.1) is 7.11 Å². The minimum Gasteiger partial charge on any atom is -0.496 e. The number of methoxy groups -OCH3 is 1. The maximum atomic E-state index is 12.8. The van der Waals surface area contributed by atoms with Crippen LogP contribution in [0.1, 0.15) is 54.1 Å². The van der Waals surface area contributed by atoms with Crippen molar-refractivity contribution in [2.75, 3.05) is 23.9 Å². The van der Waals surface area contributed by atoms with Crippen LogP contribution < -0.4 is 15.0 Å². The maximum Gasteiger partial charge on any atom is 0.255 e. The summed E-state index contributed by atoms with van der Waals surface area (Å²) in [7, 11) is 1.65. The van der Waals surface area contributed by atoms with Crippen LogP contribution in [0.5, 0.6) is 5.75 Å². The fourth-order valence-electron chi connectivity index (χ4n) is 3.42. The van der Waals surface area contributed by atoms with Crippen LogP contribution in [0.4, 0.5) is 11.4 Å². The molecule has 0 aliphatic carbocycles. The molecule has 1 N–H and O–H groups in total. The van der Waals surface area contributed by atoms with Crippen LogP contribution in [-0.4, -0.2) is 25.5 Å². The largest absolute Gasteiger partial charge is 0.496 e. The molecule has 1 heterocycles. The standard InChI is InChI=1S/C22H26N2O3/c1-14(2)18-13-19(15(3)12-20(18)27-4)22(26)23-16-7-9-17(10-8-16)24-11-5-6-21(24)25/h7-10,12-14H,5-6,11H2,1-4H3,(H,23,26). The second kappa shape index (κ2) is 7.82. The number of rotatable bonds is 5. The number of nitrogens with one attached hydrogen (secondary N) is 1. The molecule has 5 nitrogen and oxygen atoms in total. The summed E-state index contributed by atoms with van der Waals surface area (Å²) in [5, 5.41) is 2.95. The highest BCUT2D eigenvalue weighted by molar-refractivity contribution is 6.05. The number of amides is 2. The van der Waals surface area contributed by atoms with Crippen molar-refractivity contribution in [3.8, 4) is 5.75 Å². The lowest BCUT2D eigenvalue weighted by Gasteiger charge is -2.17. The Morgan fingerprint density at radius 3 is 2.44 bits per heavy atom. The molecule has 0 saturated carbocycles. The molecule has 1 aliphatic heterocycles. The predicted octanol–water partition coefficient (Wildman–Crippen LogP) is 4.51. The van der Waals surface area contributed by atoms with Gasteiger partial charge in [-0.05, 0) is 66.8 Å². The Labute approximate surface area is 160 Å². The molecule has 27 heavy (non-hydrogen) atoms. The van der Waals surface area contributed by atoms with Gasteiger partial charge < -0.3 is 15.0 Å². The van der Waals surface area contributed by atoms with Gasteiger partial charge in [0.2, 0.25) is 5.91 Å². The minimum atomic E-state index is -0.151. The second-order valence-electron chi connectivity index (χ2n) is 7.21. The summed E-state index contributed by atoms with van der Waals surface area (Å²) < 4.78 is 5.45. The Bertz CT molecular complexity index is 857. The van der Waals surface area contributed by atoms with E-state index in [1.54, 1.807) is 12.0 Å². The molecule has 142 valence electrons. The molecule has 5 heteroatoms. The second-order valence-corrected chi connectivity index (χ2v) is 7.21. The van der Waals surface area contributed by atoms with Crippen LogP contribution in [0.3, 0.4) is 0 Å². The van der Waals surface area contributed by atoms with E-state index in [1.807, 2.05) is 43.3 Å². The molecule has 2 amide bonds. The van der Waals surface area contributed by atoms with Gasteiger partial charge in [0.15, 0.2) is 0 Å². The van der Waals surface area contributed by atoms with Gasteiger partial charge >= 0.3 is 0 Å². The van der Waals surface area contributed by atoms with Crippen molar-refractivity contribution in [1.82, 2.24) is 0 Å². The van der Waals surface area contributed by atoms with Crippen molar-refractivity contribution >= 4 is 23.2 Å². The minimum absolute atomic E-state index is 0.151. The van der Waals surface area contributed by atoms with Gasteiger partial charge in [-0.1, -0.05) is 13.8 Å². The summed E-state index contributed by atoms with van der Waals surface area (Å²) >= 11 is 0. The van der Waals surface area contributed by atoms with Crippen molar-refractivity contribution < 1.29 is 14.3 Å². The highest BCUT2D eigenvalue weighted by Crippen LogP contribution is 2.30. The smallest absolute Gasteiger partial charge is 0.255 e. The number of hydrogen-bond acceptors (Lipinski definition) is 3. The number of aryl methyl sites for hydroxylation is 1. The number of ether oxygens (including phenoxy) is 1. The van der Waals surface area contributed by atoms with E-state index in [4.69, 9.17) is 4.74 Å². The van der Waals surface area contributed by atoms with Crippen LogP contribution >= 0.6 is 0 Å². The van der Waals surface area contributed by atoms with Crippen LogP contribution in [0.25, 0.3) is 0 Å². The van der Waals surface area contributed by atoms with Crippen molar-refractivity contribution in [2.24, 2.45) is 0 Å². The number of nitrogens with zero attached hydrogens (tertiary/aromatic N) is 1. The Kier molecular flexibility index (Phi) is 5.49. The number of carbonyl (C=O) groups is 2. The Morgan fingerprint density at radius 2 is 1.89 bits per heavy atom. The normalized spacial score (nSPS) is 14.0. The van der Waals surface area contributed by atoms with E-state index in [0.29, 0.717) is 17.7 Å². The maximum absolute atomic E-state index is 12.8. The first kappa shape index (κ1) is 19.0. The first-order valence-corrected chi connectivity index (χ1v) is 9.31. The number of benzene rings is 2. The molecule has 2 aromatic carbocycles. The SMILES string of the molecule is COc1cc(C)c(C(=O)Nc2ccc(N3CCCC3=O)cc2)cc1C(C)C. The van der Waals surface area contributed by atoms with Crippen molar-refractivity contribution in [1.29, 1.82) is 0 Å². The fourth-order valence-corrected chi connectivity index (χ4v) is 3.42. The predicted molar refractivity (Wildman–Crippen MR) is 108 cm³/mol. The zero-order valence-electron chi connectivity index (χ0n) is 16.3. The van der Waals surface area contributed by atoms with Gasteiger partial charge in [-0.15, -0.1) is 0 Å². The quantitative estimate of drug-likeness (QED) is 0.847. The number of carbonyl (C=O) groups excluding carboxylic acids is 2. The molecule has 0 spiro atoms. The van der Waals surface area contributed by atoms with Gasteiger partial charge in [-0.2, -0.15) is 0 Å². The summed E-state index contributed by atoms with van der Waals surface area (Å²) in [6.07, 6.45) is 1.50. The van der Waals surface area contributed by atoms with Crippen molar-refractivity contribution in [3.05, 3.63) is 53.1 Å². The lowest BCUT2D eigenvalue weighted by molar-refractivity contribution is -0.117. The van der Waals surface area contributed by atoms with E-state index in [1.165, 1.54) is 0 Å². The lowest BCUT2D eigenvalue weighted by Crippen LogP contribution is -2.23. The lowest BCUT2D eigenvalue weighted by atomic mass is 9.96. The van der Waals surface area contributed by atoms with Crippen LogP contribution in [0.15, 0.2) is 36.4 Å². The topological polar surface area (TPSA) is 58.6 Å². The summed E-state index contributed by atoms with van der Waals surface area (Å²) in [6.45, 7) is 6.82. The third-order valence-electron chi connectivity index (χ3n) is 4.95. The van der Waals surface area contributed by atoms with E-state index in [0.717, 1.165) is 35.5 Å². The Balaban J connectivity index is 1.79. The summed E-state index contributed by atoms with van der Waals surface area (Å²) in [6, 6.07) is 11.2. The zero-order valence-corrected chi connectivity index (χ0v) is 16.3. The molecule has 2 aromatic rings. The number of hydrogen-bond donors (Lipinski definition) is 1. The third-order valence-corrected chi connectivity index (χ3v) is 4.95. The van der Waals surface area contributed by atoms with Crippen LogP contribution in [0.2, 0.25) is 0 Å². The molecule has 0 atom stereocenters. The van der Waals surface area contributed by atoms with Crippen LogP contribution in [-0.2, 0) is 4.79 Å². The van der Waals surface area contributed by atoms with Crippen LogP contribution in [0, 0.1) is 6.92 Å². The molecular formula is C22H26N2O3. The van der Waals surface area contributed by atoms with E-state index in [2.05, 4.69) is 19.2 Å². The van der Waals surface area contributed by atoms with Gasteiger partial charge in [-0.3, -0.25) is 9.59 Å². The zero-order chi connectivity index (χ0) is 19.6. The van der Waals surface area contributed by atoms with Gasteiger partial charge in [-0.25, -0.2) is 0 Å². The fraction of sp³-hybridized carbons (Fsp3) is 0.364.